The first-order valence-electron chi connectivity index (χ1n) is 8.71. The van der Waals surface area contributed by atoms with Crippen LogP contribution in [0.5, 0.6) is 0 Å². The first-order valence-corrected chi connectivity index (χ1v) is 9.47. The summed E-state index contributed by atoms with van der Waals surface area (Å²) in [6, 6.07) is 16.4. The number of anilines is 2. The molecule has 144 valence electrons. The predicted octanol–water partition coefficient (Wildman–Crippen LogP) is 5.35. The summed E-state index contributed by atoms with van der Waals surface area (Å²) in [5.74, 6) is -1.20. The molecule has 1 aliphatic heterocycles. The van der Waals surface area contributed by atoms with E-state index in [0.29, 0.717) is 27.5 Å². The van der Waals surface area contributed by atoms with Crippen molar-refractivity contribution in [2.75, 3.05) is 10.2 Å². The minimum atomic E-state index is -0.464. The zero-order chi connectivity index (χ0) is 20.7. The van der Waals surface area contributed by atoms with Crippen LogP contribution in [-0.4, -0.2) is 17.7 Å². The Balaban J connectivity index is 1.62. The maximum absolute atomic E-state index is 12.8. The van der Waals surface area contributed by atoms with Crippen LogP contribution in [0.1, 0.15) is 36.6 Å². The lowest BCUT2D eigenvalue weighted by atomic mass is 10.1. The van der Waals surface area contributed by atoms with Gasteiger partial charge < -0.3 is 5.32 Å². The third-order valence-electron chi connectivity index (χ3n) is 4.65. The summed E-state index contributed by atoms with van der Waals surface area (Å²) in [6.45, 7) is 1.76. The quantitative estimate of drug-likeness (QED) is 0.575. The largest absolute Gasteiger partial charge is 0.322 e. The van der Waals surface area contributed by atoms with E-state index in [9.17, 15) is 14.4 Å². The molecule has 0 spiro atoms. The molecule has 0 unspecified atom stereocenters. The van der Waals surface area contributed by atoms with Gasteiger partial charge in [-0.1, -0.05) is 35.3 Å². The number of amides is 3. The molecule has 0 saturated heterocycles. The molecule has 29 heavy (non-hydrogen) atoms. The molecule has 0 bridgehead atoms. The topological polar surface area (TPSA) is 66.5 Å². The lowest BCUT2D eigenvalue weighted by Gasteiger charge is -2.17. The molecule has 1 aliphatic rings. The van der Waals surface area contributed by atoms with Crippen LogP contribution in [0.4, 0.5) is 11.4 Å². The second-order valence-electron chi connectivity index (χ2n) is 6.57. The van der Waals surface area contributed by atoms with Crippen LogP contribution in [0.15, 0.2) is 60.7 Å². The molecule has 0 aromatic heterocycles. The van der Waals surface area contributed by atoms with Gasteiger partial charge in [-0.2, -0.15) is 0 Å². The third-order valence-corrected chi connectivity index (χ3v) is 5.20. The normalized spacial score (nSPS) is 12.9. The predicted molar refractivity (Wildman–Crippen MR) is 113 cm³/mol. The molecule has 1 heterocycles. The van der Waals surface area contributed by atoms with Crippen molar-refractivity contribution in [1.82, 2.24) is 0 Å². The second-order valence-corrected chi connectivity index (χ2v) is 7.42. The fourth-order valence-corrected chi connectivity index (χ4v) is 3.73. The maximum atomic E-state index is 12.8. The first kappa shape index (κ1) is 19.2. The molecule has 0 atom stereocenters. The van der Waals surface area contributed by atoms with Crippen molar-refractivity contribution in [3.8, 4) is 0 Å². The van der Waals surface area contributed by atoms with Gasteiger partial charge in [-0.25, -0.2) is 4.90 Å². The van der Waals surface area contributed by atoms with Crippen LogP contribution < -0.4 is 10.2 Å². The van der Waals surface area contributed by atoms with Crippen LogP contribution >= 0.6 is 23.2 Å². The van der Waals surface area contributed by atoms with E-state index in [0.717, 1.165) is 4.90 Å². The smallest absolute Gasteiger partial charge is 0.267 e. The molecule has 0 saturated carbocycles. The van der Waals surface area contributed by atoms with E-state index in [1.165, 1.54) is 0 Å². The molecular weight excluding hydrogens is 411 g/mol. The Morgan fingerprint density at radius 3 is 2.38 bits per heavy atom. The van der Waals surface area contributed by atoms with Crippen molar-refractivity contribution in [3.05, 3.63) is 93.0 Å². The highest BCUT2D eigenvalue weighted by Gasteiger charge is 2.38. The van der Waals surface area contributed by atoms with E-state index in [2.05, 4.69) is 5.32 Å². The molecular formula is C22H14Cl2N2O3. The summed E-state index contributed by atoms with van der Waals surface area (Å²) >= 11 is 12.0. The summed E-state index contributed by atoms with van der Waals surface area (Å²) in [6.07, 6.45) is 0. The van der Waals surface area contributed by atoms with Gasteiger partial charge in [-0.15, -0.1) is 0 Å². The van der Waals surface area contributed by atoms with E-state index >= 15 is 0 Å². The Hall–Kier alpha value is -3.15. The highest BCUT2D eigenvalue weighted by atomic mass is 35.5. The third kappa shape index (κ3) is 3.39. The lowest BCUT2D eigenvalue weighted by Crippen LogP contribution is -2.30. The molecule has 1 N–H and O–H groups in total. The Morgan fingerprint density at radius 2 is 1.69 bits per heavy atom. The fraction of sp³-hybridized carbons (Fsp3) is 0.0455. The monoisotopic (exact) mass is 424 g/mol. The highest BCUT2D eigenvalue weighted by molar-refractivity contribution is 6.42. The minimum Gasteiger partial charge on any atom is -0.322 e. The van der Waals surface area contributed by atoms with Gasteiger partial charge >= 0.3 is 0 Å². The molecule has 0 aliphatic carbocycles. The van der Waals surface area contributed by atoms with Crippen molar-refractivity contribution in [3.63, 3.8) is 0 Å². The summed E-state index contributed by atoms with van der Waals surface area (Å²) < 4.78 is 0. The van der Waals surface area contributed by atoms with Crippen molar-refractivity contribution < 1.29 is 14.4 Å². The second kappa shape index (κ2) is 7.35. The van der Waals surface area contributed by atoms with Crippen LogP contribution in [0, 0.1) is 6.92 Å². The molecule has 3 aromatic carbocycles. The summed E-state index contributed by atoms with van der Waals surface area (Å²) in [7, 11) is 0. The Kier molecular flexibility index (Phi) is 4.86. The summed E-state index contributed by atoms with van der Waals surface area (Å²) in [5.41, 5.74) is 2.53. The molecule has 3 amide bonds. The van der Waals surface area contributed by atoms with Crippen molar-refractivity contribution in [2.24, 2.45) is 0 Å². The van der Waals surface area contributed by atoms with Gasteiger partial charge in [0.15, 0.2) is 0 Å². The Bertz CT molecular complexity index is 1190. The van der Waals surface area contributed by atoms with Gasteiger partial charge in [-0.3, -0.25) is 14.4 Å². The summed E-state index contributed by atoms with van der Waals surface area (Å²) in [5, 5.41) is 3.49. The number of hydrogen-bond donors (Lipinski definition) is 1. The summed E-state index contributed by atoms with van der Waals surface area (Å²) in [4.78, 5) is 39.1. The first-order chi connectivity index (χ1) is 13.9. The number of nitrogens with one attached hydrogen (secondary N) is 1. The number of carbonyl (C=O) groups is 3. The number of carbonyl (C=O) groups excluding carboxylic acids is 3. The fourth-order valence-electron chi connectivity index (χ4n) is 3.28. The Labute approximate surface area is 176 Å². The molecule has 0 fully saturated rings. The molecule has 5 nitrogen and oxygen atoms in total. The van der Waals surface area contributed by atoms with Gasteiger partial charge in [0.2, 0.25) is 0 Å². The molecule has 7 heteroatoms. The van der Waals surface area contributed by atoms with E-state index < -0.39 is 11.8 Å². The van der Waals surface area contributed by atoms with E-state index in [4.69, 9.17) is 23.2 Å². The average molecular weight is 425 g/mol. The van der Waals surface area contributed by atoms with Crippen molar-refractivity contribution in [1.29, 1.82) is 0 Å². The SMILES string of the molecule is Cc1cc(NC(=O)c2cccc(Cl)c2)ccc1N1C(=O)c2cccc(Cl)c2C1=O. The van der Waals surface area contributed by atoms with E-state index in [-0.39, 0.29) is 22.1 Å². The van der Waals surface area contributed by atoms with Crippen LogP contribution in [0.2, 0.25) is 10.0 Å². The van der Waals surface area contributed by atoms with Gasteiger partial charge in [0.1, 0.15) is 0 Å². The number of aryl methyl sites for hydroxylation is 1. The van der Waals surface area contributed by atoms with Gasteiger partial charge in [0, 0.05) is 16.3 Å². The van der Waals surface area contributed by atoms with Crippen molar-refractivity contribution >= 4 is 52.3 Å². The zero-order valence-corrected chi connectivity index (χ0v) is 16.7. The number of halogens is 2. The molecule has 0 radical (unpaired) electrons. The van der Waals surface area contributed by atoms with Crippen LogP contribution in [0.25, 0.3) is 0 Å². The van der Waals surface area contributed by atoms with Crippen LogP contribution in [-0.2, 0) is 0 Å². The highest BCUT2D eigenvalue weighted by Crippen LogP contribution is 2.34. The van der Waals surface area contributed by atoms with E-state index in [1.807, 2.05) is 0 Å². The van der Waals surface area contributed by atoms with E-state index in [1.54, 1.807) is 67.6 Å². The lowest BCUT2D eigenvalue weighted by molar-refractivity contribution is 0.0924. The molecule has 4 rings (SSSR count). The number of rotatable bonds is 3. The standard InChI is InChI=1S/C22H14Cl2N2O3/c1-12-10-15(25-20(27)13-4-2-5-14(23)11-13)8-9-18(12)26-21(28)16-6-3-7-17(24)19(16)22(26)29/h2-11H,1H3,(H,25,27). The van der Waals surface area contributed by atoms with Crippen molar-refractivity contribution in [2.45, 2.75) is 6.92 Å². The molecule has 3 aromatic rings. The average Bonchev–Trinajstić information content (AvgIpc) is 2.94. The van der Waals surface area contributed by atoms with Gasteiger partial charge in [0.25, 0.3) is 17.7 Å². The maximum Gasteiger partial charge on any atom is 0.267 e. The van der Waals surface area contributed by atoms with Crippen LogP contribution in [0.3, 0.4) is 0 Å². The Morgan fingerprint density at radius 1 is 0.931 bits per heavy atom. The zero-order valence-electron chi connectivity index (χ0n) is 15.2. The number of hydrogen-bond acceptors (Lipinski definition) is 3. The number of nitrogens with zero attached hydrogens (tertiary/aromatic N) is 1. The van der Waals surface area contributed by atoms with Gasteiger partial charge in [-0.05, 0) is 61.0 Å². The number of fused-ring (bicyclic) bond motifs is 1. The van der Waals surface area contributed by atoms with Gasteiger partial charge in [0.05, 0.1) is 21.8 Å². The number of benzene rings is 3. The number of imide groups is 1. The minimum absolute atomic E-state index is 0.205.